The minimum Gasteiger partial charge on any atom is -0.356 e. The molecule has 0 spiro atoms. The molecular weight excluding hydrogens is 316 g/mol. The van der Waals surface area contributed by atoms with Gasteiger partial charge in [-0.3, -0.25) is 20.2 Å². The van der Waals surface area contributed by atoms with Crippen LogP contribution in [0.15, 0.2) is 54.6 Å². The molecule has 0 unspecified atom stereocenters. The first-order chi connectivity index (χ1) is 11.5. The van der Waals surface area contributed by atoms with E-state index in [1.807, 2.05) is 36.4 Å². The molecule has 8 nitrogen and oxygen atoms in total. The van der Waals surface area contributed by atoms with E-state index < -0.39 is 27.5 Å². The van der Waals surface area contributed by atoms with Gasteiger partial charge in [0.1, 0.15) is 0 Å². The molecule has 0 amide bonds. The maximum atomic E-state index is 10.9. The van der Waals surface area contributed by atoms with Crippen LogP contribution in [0.4, 0.5) is 11.4 Å². The Balaban J connectivity index is 0.000000400. The molecule has 0 aliphatic rings. The van der Waals surface area contributed by atoms with Crippen molar-refractivity contribution in [3.8, 4) is 0 Å². The van der Waals surface area contributed by atoms with Crippen LogP contribution in [0.25, 0.3) is 0 Å². The molecule has 8 heteroatoms. The van der Waals surface area contributed by atoms with Crippen molar-refractivity contribution in [1.29, 1.82) is 0 Å². The summed E-state index contributed by atoms with van der Waals surface area (Å²) in [7, 11) is 2.77. The average Bonchev–Trinajstić information content (AvgIpc) is 2.61. The number of methoxy groups -OCH3 is 2. The van der Waals surface area contributed by atoms with E-state index in [0.29, 0.717) is 0 Å². The number of ether oxygens (including phenoxy) is 2. The number of hydrogen-bond donors (Lipinski definition) is 0. The summed E-state index contributed by atoms with van der Waals surface area (Å²) in [4.78, 5) is 20.1. The van der Waals surface area contributed by atoms with E-state index in [1.165, 1.54) is 26.4 Å². The van der Waals surface area contributed by atoms with Gasteiger partial charge in [0.15, 0.2) is 6.29 Å². The fourth-order valence-electron chi connectivity index (χ4n) is 1.93. The third-order valence-corrected chi connectivity index (χ3v) is 3.06. The second-order valence-electron chi connectivity index (χ2n) is 4.56. The van der Waals surface area contributed by atoms with Crippen LogP contribution in [0.3, 0.4) is 0 Å². The third-order valence-electron chi connectivity index (χ3n) is 3.06. The first kappa shape index (κ1) is 19.2. The zero-order chi connectivity index (χ0) is 17.9. The number of hydrogen-bond acceptors (Lipinski definition) is 6. The third kappa shape index (κ3) is 5.75. The summed E-state index contributed by atoms with van der Waals surface area (Å²) in [6, 6.07) is 15.9. The van der Waals surface area contributed by atoms with Gasteiger partial charge < -0.3 is 9.47 Å². The number of benzene rings is 2. The van der Waals surface area contributed by atoms with E-state index in [9.17, 15) is 20.2 Å². The van der Waals surface area contributed by atoms with E-state index in [-0.39, 0.29) is 12.0 Å². The zero-order valence-corrected chi connectivity index (χ0v) is 13.3. The Morgan fingerprint density at radius 2 is 1.38 bits per heavy atom. The Morgan fingerprint density at radius 1 is 0.875 bits per heavy atom. The summed E-state index contributed by atoms with van der Waals surface area (Å²) in [5.74, 6) is 0. The highest BCUT2D eigenvalue weighted by Gasteiger charge is 2.29. The van der Waals surface area contributed by atoms with Crippen molar-refractivity contribution in [1.82, 2.24) is 0 Å². The molecule has 128 valence electrons. The number of nitro groups is 2. The summed E-state index contributed by atoms with van der Waals surface area (Å²) in [5, 5.41) is 21.7. The Bertz CT molecular complexity index is 632. The Labute approximate surface area is 138 Å². The van der Waals surface area contributed by atoms with Gasteiger partial charge in [0.25, 0.3) is 0 Å². The second-order valence-corrected chi connectivity index (χ2v) is 4.56. The van der Waals surface area contributed by atoms with E-state index in [4.69, 9.17) is 9.47 Å². The Morgan fingerprint density at radius 3 is 1.75 bits per heavy atom. The lowest BCUT2D eigenvalue weighted by Gasteiger charge is -2.12. The van der Waals surface area contributed by atoms with Crippen LogP contribution < -0.4 is 0 Å². The van der Waals surface area contributed by atoms with E-state index >= 15 is 0 Å². The van der Waals surface area contributed by atoms with Crippen LogP contribution in [0.1, 0.15) is 5.56 Å². The van der Waals surface area contributed by atoms with E-state index in [1.54, 1.807) is 0 Å². The monoisotopic (exact) mass is 334 g/mol. The van der Waals surface area contributed by atoms with Gasteiger partial charge in [-0.1, -0.05) is 48.5 Å². The molecule has 0 N–H and O–H groups in total. The van der Waals surface area contributed by atoms with Gasteiger partial charge in [-0.2, -0.15) is 0 Å². The number of rotatable bonds is 6. The van der Waals surface area contributed by atoms with Crippen LogP contribution in [0.5, 0.6) is 0 Å². The molecular formula is C16H18N2O6. The summed E-state index contributed by atoms with van der Waals surface area (Å²) < 4.78 is 9.85. The molecule has 0 saturated heterocycles. The zero-order valence-electron chi connectivity index (χ0n) is 13.3. The summed E-state index contributed by atoms with van der Waals surface area (Å²) in [6.07, 6.45) is -0.629. The molecule has 0 aliphatic heterocycles. The summed E-state index contributed by atoms with van der Waals surface area (Å²) in [6.45, 7) is 0. The lowest BCUT2D eigenvalue weighted by molar-refractivity contribution is -0.423. The van der Waals surface area contributed by atoms with Crippen molar-refractivity contribution in [2.45, 2.75) is 12.7 Å². The summed E-state index contributed by atoms with van der Waals surface area (Å²) in [5.41, 5.74) is -0.868. The quantitative estimate of drug-likeness (QED) is 0.456. The fraction of sp³-hybridized carbons (Fsp3) is 0.250. The molecule has 24 heavy (non-hydrogen) atoms. The standard InChI is InChI=1S/C10H12N2O6.C6H6/c1-17-9(18-2)6-7-4-3-5-8(11(13)14)10(7)12(15)16;1-2-4-6-5-3-1/h3-5,9H,6H2,1-2H3;1-6H. The predicted octanol–water partition coefficient (Wildman–Crippen LogP) is 3.35. The molecule has 0 radical (unpaired) electrons. The highest BCUT2D eigenvalue weighted by molar-refractivity contribution is 5.57. The van der Waals surface area contributed by atoms with Gasteiger partial charge in [-0.15, -0.1) is 0 Å². The van der Waals surface area contributed by atoms with Crippen LogP contribution >= 0.6 is 0 Å². The average molecular weight is 334 g/mol. The summed E-state index contributed by atoms with van der Waals surface area (Å²) >= 11 is 0. The molecule has 0 aromatic heterocycles. The van der Waals surface area contributed by atoms with Crippen molar-refractivity contribution >= 4 is 11.4 Å². The van der Waals surface area contributed by atoms with Crippen molar-refractivity contribution < 1.29 is 19.3 Å². The van der Waals surface area contributed by atoms with Gasteiger partial charge >= 0.3 is 11.4 Å². The van der Waals surface area contributed by atoms with E-state index in [2.05, 4.69) is 0 Å². The topological polar surface area (TPSA) is 105 Å². The molecule has 0 bridgehead atoms. The number of nitro benzene ring substituents is 2. The van der Waals surface area contributed by atoms with Crippen molar-refractivity contribution in [3.63, 3.8) is 0 Å². The second kappa shape index (κ2) is 10.0. The fourth-order valence-corrected chi connectivity index (χ4v) is 1.93. The Kier molecular flexibility index (Phi) is 8.03. The minimum absolute atomic E-state index is 0.0605. The first-order valence-electron chi connectivity index (χ1n) is 6.97. The molecule has 0 saturated carbocycles. The van der Waals surface area contributed by atoms with Crippen LogP contribution in [0.2, 0.25) is 0 Å². The van der Waals surface area contributed by atoms with E-state index in [0.717, 1.165) is 6.07 Å². The molecule has 0 heterocycles. The molecule has 2 rings (SSSR count). The molecule has 2 aromatic carbocycles. The number of nitrogens with zero attached hydrogens (tertiary/aromatic N) is 2. The maximum absolute atomic E-state index is 10.9. The van der Waals surface area contributed by atoms with Gasteiger partial charge in [-0.05, 0) is 0 Å². The van der Waals surface area contributed by atoms with Gasteiger partial charge in [-0.25, -0.2) is 0 Å². The Hall–Kier alpha value is -2.84. The normalized spacial score (nSPS) is 9.96. The highest BCUT2D eigenvalue weighted by Crippen LogP contribution is 2.31. The van der Waals surface area contributed by atoms with Crippen LogP contribution in [-0.4, -0.2) is 30.4 Å². The lowest BCUT2D eigenvalue weighted by atomic mass is 10.1. The first-order valence-corrected chi connectivity index (χ1v) is 6.97. The van der Waals surface area contributed by atoms with Crippen molar-refractivity contribution in [2.75, 3.05) is 14.2 Å². The lowest BCUT2D eigenvalue weighted by Crippen LogP contribution is -2.17. The minimum atomic E-state index is -0.782. The predicted molar refractivity (Wildman–Crippen MR) is 87.7 cm³/mol. The molecule has 2 aromatic rings. The SMILES string of the molecule is COC(Cc1cccc([N+](=O)[O-])c1[N+](=O)[O-])OC.c1ccccc1. The van der Waals surface area contributed by atoms with Crippen LogP contribution in [-0.2, 0) is 15.9 Å². The van der Waals surface area contributed by atoms with Gasteiger partial charge in [0, 0.05) is 32.3 Å². The maximum Gasteiger partial charge on any atom is 0.349 e. The van der Waals surface area contributed by atoms with Crippen LogP contribution in [0, 0.1) is 20.2 Å². The molecule has 0 atom stereocenters. The van der Waals surface area contributed by atoms with Crippen molar-refractivity contribution in [2.24, 2.45) is 0 Å². The molecule has 0 fully saturated rings. The highest BCUT2D eigenvalue weighted by atomic mass is 16.7. The number of para-hydroxylation sites is 1. The smallest absolute Gasteiger partial charge is 0.349 e. The largest absolute Gasteiger partial charge is 0.356 e. The van der Waals surface area contributed by atoms with Gasteiger partial charge in [0.05, 0.1) is 9.85 Å². The van der Waals surface area contributed by atoms with Crippen molar-refractivity contribution in [3.05, 3.63) is 80.4 Å². The molecule has 0 aliphatic carbocycles. The van der Waals surface area contributed by atoms with Gasteiger partial charge in [0.2, 0.25) is 0 Å².